The van der Waals surface area contributed by atoms with E-state index in [2.05, 4.69) is 178 Å². The van der Waals surface area contributed by atoms with Gasteiger partial charge in [0.2, 0.25) is 0 Å². The van der Waals surface area contributed by atoms with E-state index in [1.165, 1.54) is 104 Å². The Morgan fingerprint density at radius 3 is 1.92 bits per heavy atom. The van der Waals surface area contributed by atoms with Crippen molar-refractivity contribution >= 4 is 65.2 Å². The van der Waals surface area contributed by atoms with E-state index in [1.54, 1.807) is 0 Å². The third-order valence-corrected chi connectivity index (χ3v) is 11.3. The first-order valence-electron chi connectivity index (χ1n) is 17.9. The highest BCUT2D eigenvalue weighted by atomic mass is 15.0. The molecule has 0 saturated carbocycles. The minimum absolute atomic E-state index is 1.16. The SMILES string of the molecule is c1ccc(-n2c3ccccc3c3cc(-c4ccc5c(c4)c4ccc6ccccc6c4n5-c4ccc5c(c4)-c4cccc6cncc-5c46)ccc32)cc1. The highest BCUT2D eigenvalue weighted by molar-refractivity contribution is 6.20. The number of nitrogens with zero attached hydrogens (tertiary/aromatic N) is 3. The summed E-state index contributed by atoms with van der Waals surface area (Å²) in [6, 6.07) is 60.3. The summed E-state index contributed by atoms with van der Waals surface area (Å²) in [4.78, 5) is 4.58. The number of rotatable bonds is 3. The Bertz CT molecular complexity index is 3280. The van der Waals surface area contributed by atoms with Gasteiger partial charge in [-0.25, -0.2) is 0 Å². The van der Waals surface area contributed by atoms with Crippen LogP contribution < -0.4 is 0 Å². The van der Waals surface area contributed by atoms with Crippen LogP contribution in [0.15, 0.2) is 176 Å². The summed E-state index contributed by atoms with van der Waals surface area (Å²) in [5.41, 5.74) is 14.6. The highest BCUT2D eigenvalue weighted by Crippen LogP contribution is 2.48. The van der Waals surface area contributed by atoms with Crippen LogP contribution in [0.4, 0.5) is 0 Å². The lowest BCUT2D eigenvalue weighted by atomic mass is 10.00. The smallest absolute Gasteiger partial charge is 0.0619 e. The molecule has 0 spiro atoms. The fourth-order valence-electron chi connectivity index (χ4n) is 9.03. The maximum atomic E-state index is 4.58. The van der Waals surface area contributed by atoms with Gasteiger partial charge in [0.15, 0.2) is 0 Å². The Hall–Kier alpha value is -6.97. The first kappa shape index (κ1) is 27.8. The van der Waals surface area contributed by atoms with Crippen LogP contribution in [0, 0.1) is 0 Å². The van der Waals surface area contributed by atoms with Crippen molar-refractivity contribution in [1.82, 2.24) is 14.1 Å². The second kappa shape index (κ2) is 10.3. The second-order valence-electron chi connectivity index (χ2n) is 14.0. The van der Waals surface area contributed by atoms with Crippen LogP contribution in [0.2, 0.25) is 0 Å². The molecule has 0 unspecified atom stereocenters. The number of hydrogen-bond donors (Lipinski definition) is 0. The van der Waals surface area contributed by atoms with Crippen molar-refractivity contribution in [1.29, 1.82) is 0 Å². The van der Waals surface area contributed by atoms with Gasteiger partial charge >= 0.3 is 0 Å². The first-order valence-corrected chi connectivity index (χ1v) is 17.9. The summed E-state index contributed by atoms with van der Waals surface area (Å²) in [6.45, 7) is 0. The van der Waals surface area contributed by atoms with Gasteiger partial charge in [0.1, 0.15) is 0 Å². The molecule has 0 radical (unpaired) electrons. The summed E-state index contributed by atoms with van der Waals surface area (Å²) in [6.07, 6.45) is 3.99. The van der Waals surface area contributed by atoms with Crippen LogP contribution in [0.1, 0.15) is 0 Å². The molecule has 0 atom stereocenters. The molecule has 1 aliphatic carbocycles. The molecule has 3 heterocycles. The molecule has 0 fully saturated rings. The number of pyridine rings is 1. The Morgan fingerprint density at radius 2 is 1.06 bits per heavy atom. The average Bonchev–Trinajstić information content (AvgIpc) is 3.84. The van der Waals surface area contributed by atoms with Gasteiger partial charge in [-0.3, -0.25) is 4.98 Å². The molecule has 240 valence electrons. The van der Waals surface area contributed by atoms with E-state index in [1.807, 2.05) is 12.4 Å². The molecular formula is C49H29N3. The van der Waals surface area contributed by atoms with Crippen molar-refractivity contribution in [2.45, 2.75) is 0 Å². The van der Waals surface area contributed by atoms with E-state index < -0.39 is 0 Å². The molecule has 52 heavy (non-hydrogen) atoms. The topological polar surface area (TPSA) is 22.8 Å². The molecule has 3 heteroatoms. The van der Waals surface area contributed by atoms with Gasteiger partial charge in [-0.15, -0.1) is 0 Å². The zero-order valence-corrected chi connectivity index (χ0v) is 28.1. The van der Waals surface area contributed by atoms with Crippen LogP contribution >= 0.6 is 0 Å². The van der Waals surface area contributed by atoms with Crippen molar-refractivity contribution in [2.24, 2.45) is 0 Å². The number of aromatic nitrogens is 3. The predicted octanol–water partition coefficient (Wildman–Crippen LogP) is 12.9. The summed E-state index contributed by atoms with van der Waals surface area (Å²) in [5.74, 6) is 0. The van der Waals surface area contributed by atoms with E-state index in [-0.39, 0.29) is 0 Å². The predicted molar refractivity (Wildman–Crippen MR) is 218 cm³/mol. The molecule has 12 rings (SSSR count). The summed E-state index contributed by atoms with van der Waals surface area (Å²) in [7, 11) is 0. The zero-order valence-electron chi connectivity index (χ0n) is 28.1. The number of para-hydroxylation sites is 2. The van der Waals surface area contributed by atoms with Gasteiger partial charge in [-0.2, -0.15) is 0 Å². The summed E-state index contributed by atoms with van der Waals surface area (Å²) >= 11 is 0. The largest absolute Gasteiger partial charge is 0.309 e. The van der Waals surface area contributed by atoms with Gasteiger partial charge in [-0.05, 0) is 87.8 Å². The van der Waals surface area contributed by atoms with Crippen molar-refractivity contribution in [3.8, 4) is 44.8 Å². The average molecular weight is 660 g/mol. The third-order valence-electron chi connectivity index (χ3n) is 11.3. The molecule has 11 aromatic rings. The summed E-state index contributed by atoms with van der Waals surface area (Å²) in [5, 5.41) is 10.0. The van der Waals surface area contributed by atoms with Crippen molar-refractivity contribution < 1.29 is 0 Å². The van der Waals surface area contributed by atoms with Crippen LogP contribution in [-0.2, 0) is 0 Å². The molecule has 8 aromatic carbocycles. The molecule has 3 nitrogen and oxygen atoms in total. The molecular weight excluding hydrogens is 631 g/mol. The summed E-state index contributed by atoms with van der Waals surface area (Å²) < 4.78 is 4.86. The van der Waals surface area contributed by atoms with Crippen molar-refractivity contribution in [2.75, 3.05) is 0 Å². The van der Waals surface area contributed by atoms with E-state index in [9.17, 15) is 0 Å². The molecule has 0 bridgehead atoms. The maximum absolute atomic E-state index is 4.58. The molecule has 0 aliphatic heterocycles. The first-order chi connectivity index (χ1) is 25.8. The highest BCUT2D eigenvalue weighted by Gasteiger charge is 2.24. The molecule has 0 saturated heterocycles. The van der Waals surface area contributed by atoms with Gasteiger partial charge in [0, 0.05) is 67.0 Å². The van der Waals surface area contributed by atoms with Crippen LogP contribution in [0.3, 0.4) is 0 Å². The van der Waals surface area contributed by atoms with Crippen molar-refractivity contribution in [3.05, 3.63) is 176 Å². The third kappa shape index (κ3) is 3.72. The Kier molecular flexibility index (Phi) is 5.50. The molecule has 0 N–H and O–H groups in total. The fourth-order valence-corrected chi connectivity index (χ4v) is 9.03. The lowest BCUT2D eigenvalue weighted by Crippen LogP contribution is -1.95. The van der Waals surface area contributed by atoms with Gasteiger partial charge in [0.25, 0.3) is 0 Å². The molecule has 3 aromatic heterocycles. The lowest BCUT2D eigenvalue weighted by Gasteiger charge is -2.12. The second-order valence-corrected chi connectivity index (χ2v) is 14.0. The van der Waals surface area contributed by atoms with Gasteiger partial charge < -0.3 is 9.13 Å². The van der Waals surface area contributed by atoms with Crippen LogP contribution in [-0.4, -0.2) is 14.1 Å². The zero-order chi connectivity index (χ0) is 33.9. The van der Waals surface area contributed by atoms with Crippen LogP contribution in [0.5, 0.6) is 0 Å². The lowest BCUT2D eigenvalue weighted by molar-refractivity contribution is 1.18. The quantitative estimate of drug-likeness (QED) is 0.185. The van der Waals surface area contributed by atoms with E-state index >= 15 is 0 Å². The molecule has 0 amide bonds. The Labute approximate surface area is 299 Å². The monoisotopic (exact) mass is 659 g/mol. The maximum Gasteiger partial charge on any atom is 0.0619 e. The van der Waals surface area contributed by atoms with E-state index in [4.69, 9.17) is 0 Å². The number of fused-ring (bicyclic) bond motifs is 11. The minimum atomic E-state index is 1.16. The standard InChI is InChI=1S/C49H29N3/c1-2-11-34(12-3-1)51-45-16-7-6-14-38(45)42-25-31(18-23-46(42)51)32-19-24-47-43(26-32)40-21-17-30-9-4-5-13-36(30)49(40)52(47)35-20-22-37-41(27-35)39-15-8-10-33-28-50-29-44(37)48(33)39/h1-29H. The van der Waals surface area contributed by atoms with Crippen LogP contribution in [0.25, 0.3) is 110 Å². The van der Waals surface area contributed by atoms with E-state index in [0.717, 1.165) is 5.69 Å². The minimum Gasteiger partial charge on any atom is -0.309 e. The van der Waals surface area contributed by atoms with Crippen molar-refractivity contribution in [3.63, 3.8) is 0 Å². The van der Waals surface area contributed by atoms with E-state index in [0.29, 0.717) is 0 Å². The normalized spacial score (nSPS) is 12.2. The Balaban J connectivity index is 1.09. The molecule has 1 aliphatic rings. The Morgan fingerprint density at radius 1 is 0.346 bits per heavy atom. The number of benzene rings is 8. The van der Waals surface area contributed by atoms with Gasteiger partial charge in [0.05, 0.1) is 22.1 Å². The number of hydrogen-bond acceptors (Lipinski definition) is 1. The van der Waals surface area contributed by atoms with Gasteiger partial charge in [-0.1, -0.05) is 109 Å². The fraction of sp³-hybridized carbons (Fsp3) is 0.